The third-order valence-electron chi connectivity index (χ3n) is 3.18. The van der Waals surface area contributed by atoms with E-state index in [2.05, 4.69) is 0 Å². The van der Waals surface area contributed by atoms with Crippen LogP contribution in [0.25, 0.3) is 0 Å². The van der Waals surface area contributed by atoms with Crippen LogP contribution in [0.4, 0.5) is 0 Å². The van der Waals surface area contributed by atoms with Gasteiger partial charge in [0, 0.05) is 17.3 Å². The smallest absolute Gasteiger partial charge is 1.00 e. The summed E-state index contributed by atoms with van der Waals surface area (Å²) in [7, 11) is -1.39. The molecule has 0 aliphatic carbocycles. The second kappa shape index (κ2) is 8.92. The number of benzene rings is 1. The summed E-state index contributed by atoms with van der Waals surface area (Å²) in [5.74, 6) is 0.998. The third-order valence-corrected chi connectivity index (χ3v) is 6.84. The minimum absolute atomic E-state index is 0. The molecule has 1 N–H and O–H groups in total. The van der Waals surface area contributed by atoms with Gasteiger partial charge in [-0.1, -0.05) is 37.1 Å². The van der Waals surface area contributed by atoms with Crippen LogP contribution < -0.4 is 0 Å². The molecule has 4 nitrogen and oxygen atoms in total. The summed E-state index contributed by atoms with van der Waals surface area (Å²) >= 11 is 0. The number of aromatic carboxylic acids is 1. The number of carbonyl (C=O) groups excluding carboxylic acids is 1. The number of carboxylic acid groups (broad SMARTS) is 1. The Morgan fingerprint density at radius 2 is 1.65 bits per heavy atom. The summed E-state index contributed by atoms with van der Waals surface area (Å²) in [5.41, 5.74) is 0.395. The number of carbonyl (C=O) groups is 2. The van der Waals surface area contributed by atoms with Crippen LogP contribution in [0, 0.1) is 0 Å². The number of carboxylic acids is 1. The van der Waals surface area contributed by atoms with E-state index in [4.69, 9.17) is 9.29 Å². The van der Waals surface area contributed by atoms with Gasteiger partial charge in [0.25, 0.3) is 0 Å². The molecule has 0 saturated carbocycles. The van der Waals surface area contributed by atoms with Crippen LogP contribution in [0.15, 0.2) is 24.3 Å². The maximum absolute atomic E-state index is 12.1. The van der Waals surface area contributed by atoms with Crippen molar-refractivity contribution in [1.82, 2.24) is 0 Å². The van der Waals surface area contributed by atoms with E-state index in [0.717, 1.165) is 17.3 Å². The largest absolute Gasteiger partial charge is 2.00 e. The molecule has 20 heavy (non-hydrogen) atoms. The molecule has 110 valence electrons. The molecule has 0 radical (unpaired) electrons. The Morgan fingerprint density at radius 1 is 1.15 bits per heavy atom. The molecule has 1 aromatic rings. The summed E-state index contributed by atoms with van der Waals surface area (Å²) < 4.78 is 5.66. The van der Waals surface area contributed by atoms with Gasteiger partial charge in [-0.3, -0.25) is 0 Å². The van der Waals surface area contributed by atoms with Crippen LogP contribution in [-0.2, 0) is 4.18 Å². The molecular weight excluding hydrogens is 304 g/mol. The van der Waals surface area contributed by atoms with Crippen LogP contribution in [0.5, 0.6) is 0 Å². The first-order chi connectivity index (χ1) is 8.98. The first-order valence-electron chi connectivity index (χ1n) is 6.31. The van der Waals surface area contributed by atoms with Crippen molar-refractivity contribution in [3.8, 4) is 0 Å². The van der Waals surface area contributed by atoms with Gasteiger partial charge in [0.1, 0.15) is 0 Å². The van der Waals surface area contributed by atoms with Gasteiger partial charge in [0.05, 0.1) is 11.1 Å². The van der Waals surface area contributed by atoms with Crippen LogP contribution in [0.2, 0.25) is 0 Å². The Balaban J connectivity index is -0.00000120. The van der Waals surface area contributed by atoms with Crippen molar-refractivity contribution < 1.29 is 21.7 Å². The first-order valence-corrected chi connectivity index (χ1v) is 8.38. The van der Waals surface area contributed by atoms with Gasteiger partial charge in [-0.2, -0.15) is 0 Å². The average molecular weight is 326 g/mol. The summed E-state index contributed by atoms with van der Waals surface area (Å²) in [6, 6.07) is 5.95. The molecule has 0 aromatic heterocycles. The van der Waals surface area contributed by atoms with E-state index in [1.807, 2.05) is 20.8 Å². The molecule has 0 saturated heterocycles. The van der Waals surface area contributed by atoms with Gasteiger partial charge in [0.2, 0.25) is 0 Å². The fourth-order valence-electron chi connectivity index (χ4n) is 1.78. The van der Waals surface area contributed by atoms with E-state index in [1.54, 1.807) is 12.1 Å². The summed E-state index contributed by atoms with van der Waals surface area (Å²) in [4.78, 5) is 23.0. The van der Waals surface area contributed by atoms with Crippen LogP contribution in [-0.4, -0.2) is 72.0 Å². The maximum Gasteiger partial charge on any atom is 2.00 e. The maximum atomic E-state index is 12.1. The predicted molar refractivity (Wildman–Crippen MR) is 86.0 cm³/mol. The number of hydrogen-bond donors (Lipinski definition) is 1. The molecule has 0 fully saturated rings. The molecular formula is C14H22CaO4S. The predicted octanol–water partition coefficient (Wildman–Crippen LogP) is 3.17. The molecule has 6 heteroatoms. The van der Waals surface area contributed by atoms with E-state index in [0.29, 0.717) is 5.56 Å². The molecule has 1 aromatic carbocycles. The SMILES string of the molecule is CCS(CC)(CC)OC(=O)c1cccc(C(=O)O)c1.[Ca+2].[H-].[H-]. The zero-order chi connectivity index (χ0) is 14.5. The number of hydrogen-bond acceptors (Lipinski definition) is 3. The molecule has 0 atom stereocenters. The van der Waals surface area contributed by atoms with Gasteiger partial charge in [0.15, 0.2) is 0 Å². The minimum atomic E-state index is -1.39. The van der Waals surface area contributed by atoms with E-state index >= 15 is 0 Å². The summed E-state index contributed by atoms with van der Waals surface area (Å²) in [6.07, 6.45) is 0. The van der Waals surface area contributed by atoms with E-state index in [9.17, 15) is 9.59 Å². The molecule has 1 rings (SSSR count). The molecule has 0 amide bonds. The summed E-state index contributed by atoms with van der Waals surface area (Å²) in [5, 5.41) is 8.92. The van der Waals surface area contributed by atoms with E-state index < -0.39 is 22.2 Å². The zero-order valence-corrected chi connectivity index (χ0v) is 15.2. The Bertz CT molecular complexity index is 473. The Labute approximate surface area is 154 Å². The molecule has 0 aliphatic rings. The van der Waals surface area contributed by atoms with Crippen molar-refractivity contribution in [3.05, 3.63) is 35.4 Å². The van der Waals surface area contributed by atoms with E-state index in [-0.39, 0.29) is 46.2 Å². The van der Waals surface area contributed by atoms with Crippen molar-refractivity contribution in [2.45, 2.75) is 20.8 Å². The Kier molecular flexibility index (Phi) is 8.82. The van der Waals surface area contributed by atoms with Gasteiger partial charge >= 0.3 is 49.7 Å². The standard InChI is InChI=1S/C14H20O4S.Ca.2H/c1-4-19(5-2,6-3)18-14(17)12-9-7-8-11(10-12)13(15)16;;;/h7-10H,4-6H2,1-3H3,(H,15,16);;;/q;+2;2*-1. The first kappa shape index (κ1) is 19.8. The van der Waals surface area contributed by atoms with Crippen molar-refractivity contribution in [2.24, 2.45) is 0 Å². The van der Waals surface area contributed by atoms with Crippen LogP contribution in [0.1, 0.15) is 44.3 Å². The summed E-state index contributed by atoms with van der Waals surface area (Å²) in [6.45, 7) is 6.05. The second-order valence-electron chi connectivity index (χ2n) is 4.09. The fraction of sp³-hybridized carbons (Fsp3) is 0.429. The van der Waals surface area contributed by atoms with Crippen LogP contribution in [0.3, 0.4) is 0 Å². The van der Waals surface area contributed by atoms with Gasteiger partial charge < -0.3 is 12.1 Å². The topological polar surface area (TPSA) is 63.6 Å². The van der Waals surface area contributed by atoms with Crippen molar-refractivity contribution in [1.29, 1.82) is 0 Å². The molecule has 0 unspecified atom stereocenters. The fourth-order valence-corrected chi connectivity index (χ4v) is 3.77. The van der Waals surface area contributed by atoms with Gasteiger partial charge in [-0.15, -0.1) is 0 Å². The monoisotopic (exact) mass is 326 g/mol. The van der Waals surface area contributed by atoms with Gasteiger partial charge in [-0.25, -0.2) is 9.59 Å². The molecule has 0 bridgehead atoms. The molecule has 0 aliphatic heterocycles. The van der Waals surface area contributed by atoms with E-state index in [1.165, 1.54) is 12.1 Å². The zero-order valence-electron chi connectivity index (χ0n) is 14.2. The van der Waals surface area contributed by atoms with Crippen molar-refractivity contribution >= 4 is 60.0 Å². The third kappa shape index (κ3) is 4.95. The normalized spacial score (nSPS) is 11.3. The Hall–Kier alpha value is -0.230. The minimum Gasteiger partial charge on any atom is -1.00 e. The second-order valence-corrected chi connectivity index (χ2v) is 7.92. The van der Waals surface area contributed by atoms with Crippen molar-refractivity contribution in [2.75, 3.05) is 17.3 Å². The van der Waals surface area contributed by atoms with Gasteiger partial charge in [-0.05, 0) is 18.2 Å². The van der Waals surface area contributed by atoms with Crippen LogP contribution >= 0.6 is 10.3 Å². The molecule has 0 spiro atoms. The number of rotatable bonds is 6. The average Bonchev–Trinajstić information content (AvgIpc) is 2.45. The van der Waals surface area contributed by atoms with Crippen molar-refractivity contribution in [3.63, 3.8) is 0 Å². The Morgan fingerprint density at radius 3 is 2.10 bits per heavy atom. The quantitative estimate of drug-likeness (QED) is 0.816. The molecule has 0 heterocycles.